The Morgan fingerprint density at radius 1 is 0.444 bits per heavy atom. The maximum Gasteiger partial charge on any atom is 0.0359 e. The molecule has 0 aromatic rings. The van der Waals surface area contributed by atoms with Crippen molar-refractivity contribution in [3.63, 3.8) is 0 Å². The van der Waals surface area contributed by atoms with E-state index < -0.39 is 0 Å². The molecule has 112 valence electrons. The normalized spacial score (nSPS) is 10.0. The second-order valence-electron chi connectivity index (χ2n) is 4.91. The molecule has 0 fully saturated rings. The third-order valence-corrected chi connectivity index (χ3v) is 3.60. The highest BCUT2D eigenvalue weighted by Crippen LogP contribution is 2.11. The minimum atomic E-state index is 0.557. The number of hydrogen-bond donors (Lipinski definition) is 0. The van der Waals surface area contributed by atoms with Gasteiger partial charge in [-0.1, -0.05) is 90.9 Å². The molecule has 2 heteroatoms. The van der Waals surface area contributed by atoms with Gasteiger partial charge in [-0.05, 0) is 0 Å². The molecule has 0 N–H and O–H groups in total. The average molecular weight is 297 g/mol. The Balaban J connectivity index is 0. The van der Waals surface area contributed by atoms with Crippen LogP contribution in [-0.4, -0.2) is 11.8 Å². The van der Waals surface area contributed by atoms with E-state index in [0.29, 0.717) is 11.8 Å². The lowest BCUT2D eigenvalue weighted by atomic mass is 10.1. The number of alkyl halides is 2. The van der Waals surface area contributed by atoms with E-state index in [0.717, 1.165) is 0 Å². The fourth-order valence-corrected chi connectivity index (χ4v) is 1.91. The van der Waals surface area contributed by atoms with Crippen LogP contribution in [0.2, 0.25) is 0 Å². The second-order valence-corrected chi connectivity index (χ2v) is 5.67. The molecule has 0 bridgehead atoms. The Bertz CT molecular complexity index is 102. The molecule has 0 saturated carbocycles. The predicted octanol–water partition coefficient (Wildman–Crippen LogP) is 7.17. The molecule has 0 aliphatic carbocycles. The smallest absolute Gasteiger partial charge is 0.0359 e. The predicted molar refractivity (Wildman–Crippen MR) is 88.2 cm³/mol. The number of unbranched alkanes of at least 4 members (excludes halogenated alkanes) is 11. The van der Waals surface area contributed by atoms with E-state index in [1.807, 2.05) is 0 Å². The summed E-state index contributed by atoms with van der Waals surface area (Å²) in [6.07, 6.45) is 17.4. The fourth-order valence-electron chi connectivity index (χ4n) is 1.91. The summed E-state index contributed by atoms with van der Waals surface area (Å²) in [7, 11) is 0. The van der Waals surface area contributed by atoms with Crippen LogP contribution in [0.25, 0.3) is 0 Å². The number of halogens is 2. The highest BCUT2D eigenvalue weighted by atomic mass is 35.5. The van der Waals surface area contributed by atoms with E-state index in [2.05, 4.69) is 13.8 Å². The third kappa shape index (κ3) is 25.4. The monoisotopic (exact) mass is 296 g/mol. The van der Waals surface area contributed by atoms with Crippen molar-refractivity contribution in [1.82, 2.24) is 0 Å². The van der Waals surface area contributed by atoms with E-state index >= 15 is 0 Å². The van der Waals surface area contributed by atoms with Crippen LogP contribution in [0, 0.1) is 0 Å². The van der Waals surface area contributed by atoms with Crippen molar-refractivity contribution in [3.8, 4) is 0 Å². The summed E-state index contributed by atoms with van der Waals surface area (Å²) in [5, 5.41) is 0. The van der Waals surface area contributed by atoms with Gasteiger partial charge in [0.15, 0.2) is 0 Å². The first kappa shape index (κ1) is 20.9. The lowest BCUT2D eigenvalue weighted by Crippen LogP contribution is -1.81. The summed E-state index contributed by atoms with van der Waals surface area (Å²) in [4.78, 5) is 0. The van der Waals surface area contributed by atoms with Gasteiger partial charge in [0.2, 0.25) is 0 Å². The molecular formula is C16H34Cl2. The largest absolute Gasteiger partial charge is 0.125 e. The molecule has 0 spiro atoms. The van der Waals surface area contributed by atoms with Gasteiger partial charge < -0.3 is 0 Å². The summed E-state index contributed by atoms with van der Waals surface area (Å²) < 4.78 is 0. The Kier molecular flexibility index (Phi) is 26.4. The van der Waals surface area contributed by atoms with Crippen LogP contribution in [0.4, 0.5) is 0 Å². The van der Waals surface area contributed by atoms with Crippen LogP contribution in [0.3, 0.4) is 0 Å². The standard InChI is InChI=1S/C14H30.C2H4Cl2/c1-3-5-7-9-11-13-14-12-10-8-6-4-2;3-1-2-4/h3-14H2,1-2H3;1-2H2. The molecular weight excluding hydrogens is 263 g/mol. The molecule has 0 unspecified atom stereocenters. The van der Waals surface area contributed by atoms with Crippen molar-refractivity contribution in [2.24, 2.45) is 0 Å². The van der Waals surface area contributed by atoms with E-state index in [-0.39, 0.29) is 0 Å². The number of rotatable bonds is 12. The van der Waals surface area contributed by atoms with Crippen LogP contribution in [0.1, 0.15) is 90.9 Å². The summed E-state index contributed by atoms with van der Waals surface area (Å²) in [6.45, 7) is 4.57. The van der Waals surface area contributed by atoms with E-state index in [1.165, 1.54) is 77.0 Å². The van der Waals surface area contributed by atoms with Crippen molar-refractivity contribution in [2.75, 3.05) is 11.8 Å². The minimum Gasteiger partial charge on any atom is -0.125 e. The van der Waals surface area contributed by atoms with Crippen molar-refractivity contribution in [3.05, 3.63) is 0 Å². The van der Waals surface area contributed by atoms with Crippen LogP contribution >= 0.6 is 23.2 Å². The first-order chi connectivity index (χ1) is 8.83. The molecule has 0 aromatic carbocycles. The molecule has 0 rings (SSSR count). The summed E-state index contributed by atoms with van der Waals surface area (Å²) in [5.74, 6) is 1.11. The fraction of sp³-hybridized carbons (Fsp3) is 1.00. The van der Waals surface area contributed by atoms with Gasteiger partial charge in [0.05, 0.1) is 0 Å². The van der Waals surface area contributed by atoms with Gasteiger partial charge in [-0.2, -0.15) is 0 Å². The third-order valence-electron chi connectivity index (χ3n) is 3.03. The highest BCUT2D eigenvalue weighted by Gasteiger charge is 1.91. The second kappa shape index (κ2) is 22.7. The Morgan fingerprint density at radius 3 is 0.833 bits per heavy atom. The van der Waals surface area contributed by atoms with Crippen molar-refractivity contribution in [1.29, 1.82) is 0 Å². The van der Waals surface area contributed by atoms with Gasteiger partial charge in [0, 0.05) is 11.8 Å². The molecule has 0 nitrogen and oxygen atoms in total. The van der Waals surface area contributed by atoms with E-state index in [1.54, 1.807) is 0 Å². The Hall–Kier alpha value is 0.580. The van der Waals surface area contributed by atoms with Crippen molar-refractivity contribution in [2.45, 2.75) is 90.9 Å². The molecule has 0 atom stereocenters. The average Bonchev–Trinajstić information content (AvgIpc) is 2.41. The van der Waals surface area contributed by atoms with E-state index in [9.17, 15) is 0 Å². The summed E-state index contributed by atoms with van der Waals surface area (Å²) in [6, 6.07) is 0. The molecule has 0 amide bonds. The first-order valence-corrected chi connectivity index (χ1v) is 9.02. The molecule has 0 radical (unpaired) electrons. The van der Waals surface area contributed by atoms with Crippen LogP contribution in [0.15, 0.2) is 0 Å². The zero-order valence-corrected chi connectivity index (χ0v) is 14.2. The lowest BCUT2D eigenvalue weighted by Gasteiger charge is -2.01. The molecule has 0 saturated heterocycles. The van der Waals surface area contributed by atoms with Gasteiger partial charge in [0.1, 0.15) is 0 Å². The molecule has 0 aromatic heterocycles. The SMILES string of the molecule is CCCCCCCCCCCCCC.ClCCCl. The summed E-state index contributed by atoms with van der Waals surface area (Å²) >= 11 is 10.1. The molecule has 0 heterocycles. The topological polar surface area (TPSA) is 0 Å². The van der Waals surface area contributed by atoms with Gasteiger partial charge >= 0.3 is 0 Å². The molecule has 0 aliphatic heterocycles. The lowest BCUT2D eigenvalue weighted by molar-refractivity contribution is 0.548. The quantitative estimate of drug-likeness (QED) is 0.264. The van der Waals surface area contributed by atoms with Gasteiger partial charge in [-0.25, -0.2) is 0 Å². The maximum absolute atomic E-state index is 5.05. The molecule has 18 heavy (non-hydrogen) atoms. The van der Waals surface area contributed by atoms with Crippen LogP contribution in [-0.2, 0) is 0 Å². The zero-order valence-electron chi connectivity index (χ0n) is 12.7. The van der Waals surface area contributed by atoms with Gasteiger partial charge in [0.25, 0.3) is 0 Å². The maximum atomic E-state index is 5.05. The highest BCUT2D eigenvalue weighted by molar-refractivity contribution is 6.25. The van der Waals surface area contributed by atoms with E-state index in [4.69, 9.17) is 23.2 Å². The van der Waals surface area contributed by atoms with Crippen molar-refractivity contribution < 1.29 is 0 Å². The minimum absolute atomic E-state index is 0.557. The van der Waals surface area contributed by atoms with Gasteiger partial charge in [-0.15, -0.1) is 23.2 Å². The van der Waals surface area contributed by atoms with Crippen molar-refractivity contribution >= 4 is 23.2 Å². The van der Waals surface area contributed by atoms with Gasteiger partial charge in [-0.3, -0.25) is 0 Å². The Labute approximate surface area is 126 Å². The number of hydrogen-bond acceptors (Lipinski definition) is 0. The Morgan fingerprint density at radius 2 is 0.667 bits per heavy atom. The zero-order chi connectivity index (χ0) is 13.9. The van der Waals surface area contributed by atoms with Crippen LogP contribution in [0.5, 0.6) is 0 Å². The van der Waals surface area contributed by atoms with Crippen LogP contribution < -0.4 is 0 Å². The summed E-state index contributed by atoms with van der Waals surface area (Å²) in [5.41, 5.74) is 0. The first-order valence-electron chi connectivity index (χ1n) is 7.95. The molecule has 0 aliphatic rings.